The third-order valence-electron chi connectivity index (χ3n) is 7.55. The molecule has 0 spiro atoms. The summed E-state index contributed by atoms with van der Waals surface area (Å²) in [5.74, 6) is -0.423. The zero-order valence-electron chi connectivity index (χ0n) is 20.1. The zero-order chi connectivity index (χ0) is 25.1. The molecule has 2 fully saturated rings. The second-order valence-electron chi connectivity index (χ2n) is 9.64. The molecule has 2 saturated heterocycles. The van der Waals surface area contributed by atoms with Crippen molar-refractivity contribution in [3.05, 3.63) is 88.3 Å². The van der Waals surface area contributed by atoms with E-state index < -0.39 is 23.5 Å². The molecule has 4 heterocycles. The SMILES string of the molecule is N#CC1(c2ccccc2)CCN(CN(C(=O)c2ccc3ccccn3c2=O)[C@H]2COCC[C@@H]2O)CC1. The lowest BCUT2D eigenvalue weighted by molar-refractivity contribution is -0.0655. The Morgan fingerprint density at radius 1 is 1.11 bits per heavy atom. The van der Waals surface area contributed by atoms with Crippen LogP contribution < -0.4 is 5.56 Å². The van der Waals surface area contributed by atoms with E-state index in [-0.39, 0.29) is 24.4 Å². The van der Waals surface area contributed by atoms with Crippen LogP contribution in [0, 0.1) is 11.3 Å². The van der Waals surface area contributed by atoms with Crippen LogP contribution in [0.2, 0.25) is 0 Å². The van der Waals surface area contributed by atoms with Crippen molar-refractivity contribution in [1.82, 2.24) is 14.2 Å². The standard InChI is InChI=1S/C28H30N4O4/c29-19-28(21-6-2-1-3-7-21)12-15-30(16-13-28)20-32(24-18-36-17-11-25(24)33)27(35)23-10-9-22-8-4-5-14-31(22)26(23)34/h1-10,14,24-25,33H,11-13,15-18,20H2/t24-,25-/m0/s1. The number of aliphatic hydroxyl groups excluding tert-OH is 1. The molecule has 8 nitrogen and oxygen atoms in total. The number of carbonyl (C=O) groups is 1. The van der Waals surface area contributed by atoms with Gasteiger partial charge in [0.15, 0.2) is 0 Å². The number of hydrogen-bond donors (Lipinski definition) is 1. The molecule has 2 aliphatic rings. The summed E-state index contributed by atoms with van der Waals surface area (Å²) in [6.07, 6.45) is 2.61. The van der Waals surface area contributed by atoms with Crippen LogP contribution in [-0.4, -0.2) is 70.3 Å². The topological polar surface area (TPSA) is 98.3 Å². The van der Waals surface area contributed by atoms with Crippen molar-refractivity contribution in [2.75, 3.05) is 33.0 Å². The molecular weight excluding hydrogens is 456 g/mol. The van der Waals surface area contributed by atoms with E-state index in [9.17, 15) is 20.0 Å². The van der Waals surface area contributed by atoms with E-state index in [0.717, 1.165) is 5.56 Å². The van der Waals surface area contributed by atoms with Crippen LogP contribution in [0.1, 0.15) is 35.2 Å². The molecule has 3 aromatic rings. The van der Waals surface area contributed by atoms with Crippen molar-refractivity contribution in [2.24, 2.45) is 0 Å². The Hall–Kier alpha value is -3.51. The van der Waals surface area contributed by atoms with Gasteiger partial charge in [0.05, 0.1) is 36.9 Å². The molecule has 0 saturated carbocycles. The normalized spacial score (nSPS) is 22.1. The lowest BCUT2D eigenvalue weighted by atomic mass is 9.74. The van der Waals surface area contributed by atoms with Crippen LogP contribution in [0.5, 0.6) is 0 Å². The molecular formula is C28H30N4O4. The van der Waals surface area contributed by atoms with Gasteiger partial charge in [0.1, 0.15) is 5.56 Å². The number of piperidine rings is 1. The molecule has 8 heteroatoms. The second-order valence-corrected chi connectivity index (χ2v) is 9.64. The van der Waals surface area contributed by atoms with Gasteiger partial charge in [-0.25, -0.2) is 0 Å². The maximum Gasteiger partial charge on any atom is 0.267 e. The smallest absolute Gasteiger partial charge is 0.267 e. The van der Waals surface area contributed by atoms with E-state index in [4.69, 9.17) is 4.74 Å². The minimum atomic E-state index is -0.738. The predicted molar refractivity (Wildman–Crippen MR) is 134 cm³/mol. The van der Waals surface area contributed by atoms with Crippen molar-refractivity contribution in [1.29, 1.82) is 5.26 Å². The fourth-order valence-electron chi connectivity index (χ4n) is 5.31. The van der Waals surface area contributed by atoms with Gasteiger partial charge in [-0.1, -0.05) is 36.4 Å². The highest BCUT2D eigenvalue weighted by Crippen LogP contribution is 2.35. The first-order valence-corrected chi connectivity index (χ1v) is 12.4. The second kappa shape index (κ2) is 10.2. The monoisotopic (exact) mass is 486 g/mol. The minimum absolute atomic E-state index is 0.0594. The number of benzene rings is 1. The van der Waals surface area contributed by atoms with E-state index in [1.54, 1.807) is 29.3 Å². The molecule has 2 aromatic heterocycles. The van der Waals surface area contributed by atoms with Gasteiger partial charge >= 0.3 is 0 Å². The summed E-state index contributed by atoms with van der Waals surface area (Å²) in [5, 5.41) is 20.8. The highest BCUT2D eigenvalue weighted by Gasteiger charge is 2.39. The number of likely N-dealkylation sites (tertiary alicyclic amines) is 1. The number of fused-ring (bicyclic) bond motifs is 1. The van der Waals surface area contributed by atoms with E-state index in [1.807, 2.05) is 42.5 Å². The average molecular weight is 487 g/mol. The first-order chi connectivity index (χ1) is 17.5. The number of ether oxygens (including phenoxy) is 1. The predicted octanol–water partition coefficient (Wildman–Crippen LogP) is 2.41. The number of aliphatic hydroxyl groups is 1. The fraction of sp³-hybridized carbons (Fsp3) is 0.393. The number of nitrogens with zero attached hydrogens (tertiary/aromatic N) is 4. The van der Waals surface area contributed by atoms with Crippen molar-refractivity contribution >= 4 is 11.4 Å². The third kappa shape index (κ3) is 4.53. The molecule has 0 unspecified atom stereocenters. The van der Waals surface area contributed by atoms with Gasteiger partial charge in [0.25, 0.3) is 11.5 Å². The van der Waals surface area contributed by atoms with Gasteiger partial charge in [-0.05, 0) is 49.1 Å². The number of aromatic nitrogens is 1. The summed E-state index contributed by atoms with van der Waals surface area (Å²) >= 11 is 0. The largest absolute Gasteiger partial charge is 0.391 e. The highest BCUT2D eigenvalue weighted by molar-refractivity contribution is 5.94. The van der Waals surface area contributed by atoms with Crippen molar-refractivity contribution in [3.8, 4) is 6.07 Å². The molecule has 1 N–H and O–H groups in total. The molecule has 1 amide bonds. The molecule has 0 aliphatic carbocycles. The van der Waals surface area contributed by atoms with Crippen LogP contribution in [0.3, 0.4) is 0 Å². The summed E-state index contributed by atoms with van der Waals surface area (Å²) in [7, 11) is 0. The zero-order valence-corrected chi connectivity index (χ0v) is 20.1. The lowest BCUT2D eigenvalue weighted by Crippen LogP contribution is -2.57. The van der Waals surface area contributed by atoms with Gasteiger partial charge in [0, 0.05) is 31.4 Å². The Morgan fingerprint density at radius 3 is 2.58 bits per heavy atom. The van der Waals surface area contributed by atoms with Gasteiger partial charge in [-0.3, -0.25) is 18.9 Å². The Kier molecular flexibility index (Phi) is 6.88. The molecule has 2 aliphatic heterocycles. The van der Waals surface area contributed by atoms with Crippen LogP contribution in [-0.2, 0) is 10.2 Å². The number of rotatable bonds is 5. The van der Waals surface area contributed by atoms with Crippen LogP contribution in [0.15, 0.2) is 71.7 Å². The summed E-state index contributed by atoms with van der Waals surface area (Å²) in [5.41, 5.74) is 0.832. The lowest BCUT2D eigenvalue weighted by Gasteiger charge is -2.43. The highest BCUT2D eigenvalue weighted by atomic mass is 16.5. The first-order valence-electron chi connectivity index (χ1n) is 12.4. The maximum absolute atomic E-state index is 13.8. The number of amides is 1. The van der Waals surface area contributed by atoms with E-state index >= 15 is 0 Å². The van der Waals surface area contributed by atoms with Gasteiger partial charge in [0.2, 0.25) is 0 Å². The van der Waals surface area contributed by atoms with Crippen molar-refractivity contribution in [2.45, 2.75) is 36.8 Å². The maximum atomic E-state index is 13.8. The number of pyridine rings is 2. The molecule has 0 bridgehead atoms. The van der Waals surface area contributed by atoms with Crippen LogP contribution in [0.4, 0.5) is 0 Å². The van der Waals surface area contributed by atoms with Gasteiger partial charge in [-0.15, -0.1) is 0 Å². The van der Waals surface area contributed by atoms with E-state index in [2.05, 4.69) is 11.0 Å². The molecule has 1 aromatic carbocycles. The number of hydrogen-bond acceptors (Lipinski definition) is 6. The molecule has 2 atom stereocenters. The number of nitriles is 1. The Labute approximate surface area is 209 Å². The van der Waals surface area contributed by atoms with Crippen molar-refractivity contribution in [3.63, 3.8) is 0 Å². The Bertz CT molecular complexity index is 1320. The Morgan fingerprint density at radius 2 is 1.86 bits per heavy atom. The van der Waals surface area contributed by atoms with E-state index in [0.29, 0.717) is 44.5 Å². The van der Waals surface area contributed by atoms with Crippen LogP contribution >= 0.6 is 0 Å². The van der Waals surface area contributed by atoms with Gasteiger partial charge in [-0.2, -0.15) is 5.26 Å². The quantitative estimate of drug-likeness (QED) is 0.595. The Balaban J connectivity index is 1.40. The average Bonchev–Trinajstić information content (AvgIpc) is 2.93. The summed E-state index contributed by atoms with van der Waals surface area (Å²) in [6.45, 7) is 2.13. The molecule has 186 valence electrons. The summed E-state index contributed by atoms with van der Waals surface area (Å²) in [4.78, 5) is 30.7. The van der Waals surface area contributed by atoms with Crippen molar-refractivity contribution < 1.29 is 14.6 Å². The number of carbonyl (C=O) groups excluding carboxylic acids is 1. The van der Waals surface area contributed by atoms with Gasteiger partial charge < -0.3 is 14.7 Å². The fourth-order valence-corrected chi connectivity index (χ4v) is 5.31. The summed E-state index contributed by atoms with van der Waals surface area (Å²) < 4.78 is 7.08. The first kappa shape index (κ1) is 24.2. The summed E-state index contributed by atoms with van der Waals surface area (Å²) in [6, 6.07) is 20.5. The molecule has 0 radical (unpaired) electrons. The van der Waals surface area contributed by atoms with Crippen LogP contribution in [0.25, 0.3) is 5.52 Å². The van der Waals surface area contributed by atoms with E-state index in [1.165, 1.54) is 4.40 Å². The molecule has 36 heavy (non-hydrogen) atoms. The molecule has 5 rings (SSSR count). The minimum Gasteiger partial charge on any atom is -0.391 e. The third-order valence-corrected chi connectivity index (χ3v) is 7.55.